The molecule has 7 heteroatoms. The van der Waals surface area contributed by atoms with Gasteiger partial charge in [-0.1, -0.05) is 17.7 Å². The summed E-state index contributed by atoms with van der Waals surface area (Å²) >= 11 is 6.08. The Bertz CT molecular complexity index is 1090. The third kappa shape index (κ3) is 3.82. The number of benzene rings is 2. The molecule has 0 atom stereocenters. The van der Waals surface area contributed by atoms with Crippen LogP contribution in [0.25, 0.3) is 11.8 Å². The summed E-state index contributed by atoms with van der Waals surface area (Å²) in [5.41, 5.74) is 0.982. The maximum absolute atomic E-state index is 14.6. The number of carboxylic acid groups (broad SMARTS) is 1. The normalized spacial score (nSPS) is 11.0. The molecule has 5 nitrogen and oxygen atoms in total. The molecule has 0 amide bonds. The summed E-state index contributed by atoms with van der Waals surface area (Å²) < 4.78 is 21.2. The highest BCUT2D eigenvalue weighted by Gasteiger charge is 2.21. The predicted molar refractivity (Wildman–Crippen MR) is 104 cm³/mol. The summed E-state index contributed by atoms with van der Waals surface area (Å²) in [4.78, 5) is 23.9. The van der Waals surface area contributed by atoms with Crippen LogP contribution in [0.15, 0.2) is 60.8 Å². The van der Waals surface area contributed by atoms with Gasteiger partial charge in [-0.3, -0.25) is 4.79 Å². The summed E-state index contributed by atoms with van der Waals surface area (Å²) in [6.45, 7) is 0. The van der Waals surface area contributed by atoms with Crippen LogP contribution in [0.4, 0.5) is 4.39 Å². The van der Waals surface area contributed by atoms with Gasteiger partial charge in [-0.15, -0.1) is 0 Å². The Morgan fingerprint density at radius 2 is 1.93 bits per heavy atom. The first kappa shape index (κ1) is 19.4. The zero-order valence-electron chi connectivity index (χ0n) is 14.7. The predicted octanol–water partition coefficient (Wildman–Crippen LogP) is 4.61. The van der Waals surface area contributed by atoms with E-state index in [1.54, 1.807) is 35.0 Å². The van der Waals surface area contributed by atoms with E-state index in [4.69, 9.17) is 21.4 Å². The summed E-state index contributed by atoms with van der Waals surface area (Å²) in [5, 5.41) is 9.17. The highest BCUT2D eigenvalue weighted by Crippen LogP contribution is 2.28. The number of aliphatic carboxylic acids is 1. The van der Waals surface area contributed by atoms with E-state index in [1.165, 1.54) is 37.5 Å². The Morgan fingerprint density at radius 3 is 2.64 bits per heavy atom. The standard InChI is InChI=1S/C21H15ClFNO4/c1-28-18-6-2-5-15(20(18)23)21(27)16-12-13(22)7-9-17(16)24-11-3-4-14(24)8-10-19(25)26/h2-12H,1H3,(H,25,26). The van der Waals surface area contributed by atoms with E-state index in [2.05, 4.69) is 0 Å². The van der Waals surface area contributed by atoms with Crippen LogP contribution in [0.5, 0.6) is 5.75 Å². The average molecular weight is 400 g/mol. The van der Waals surface area contributed by atoms with Crippen molar-refractivity contribution >= 4 is 29.4 Å². The minimum atomic E-state index is -1.10. The van der Waals surface area contributed by atoms with Crippen molar-refractivity contribution in [1.82, 2.24) is 4.57 Å². The lowest BCUT2D eigenvalue weighted by atomic mass is 10.0. The lowest BCUT2D eigenvalue weighted by molar-refractivity contribution is -0.131. The smallest absolute Gasteiger partial charge is 0.328 e. The zero-order chi connectivity index (χ0) is 20.3. The minimum absolute atomic E-state index is 0.0412. The quantitative estimate of drug-likeness (QED) is 0.485. The van der Waals surface area contributed by atoms with Crippen molar-refractivity contribution in [2.24, 2.45) is 0 Å². The fourth-order valence-electron chi connectivity index (χ4n) is 2.80. The number of ketones is 1. The first-order valence-electron chi connectivity index (χ1n) is 8.18. The molecule has 0 aliphatic carbocycles. The molecule has 0 spiro atoms. The first-order valence-corrected chi connectivity index (χ1v) is 8.55. The fourth-order valence-corrected chi connectivity index (χ4v) is 2.97. The van der Waals surface area contributed by atoms with Crippen LogP contribution in [0, 0.1) is 5.82 Å². The van der Waals surface area contributed by atoms with E-state index < -0.39 is 17.6 Å². The fraction of sp³-hybridized carbons (Fsp3) is 0.0476. The second-order valence-corrected chi connectivity index (χ2v) is 6.22. The number of hydrogen-bond donors (Lipinski definition) is 1. The monoisotopic (exact) mass is 399 g/mol. The number of carboxylic acids is 1. The van der Waals surface area contributed by atoms with Crippen LogP contribution < -0.4 is 4.74 Å². The van der Waals surface area contributed by atoms with Crippen molar-refractivity contribution < 1.29 is 23.8 Å². The lowest BCUT2D eigenvalue weighted by Crippen LogP contribution is -2.10. The van der Waals surface area contributed by atoms with E-state index in [9.17, 15) is 14.0 Å². The second-order valence-electron chi connectivity index (χ2n) is 5.79. The van der Waals surface area contributed by atoms with Crippen LogP contribution in [-0.2, 0) is 4.79 Å². The number of carbonyl (C=O) groups excluding carboxylic acids is 1. The van der Waals surface area contributed by atoms with Crippen molar-refractivity contribution in [1.29, 1.82) is 0 Å². The average Bonchev–Trinajstić information content (AvgIpc) is 3.14. The van der Waals surface area contributed by atoms with Gasteiger partial charge in [0.25, 0.3) is 0 Å². The van der Waals surface area contributed by atoms with Crippen molar-refractivity contribution in [2.45, 2.75) is 0 Å². The molecule has 1 aromatic heterocycles. The van der Waals surface area contributed by atoms with Crippen LogP contribution in [0.1, 0.15) is 21.6 Å². The molecular formula is C21H15ClFNO4. The van der Waals surface area contributed by atoms with Gasteiger partial charge in [-0.05, 0) is 48.5 Å². The Hall–Kier alpha value is -3.38. The Morgan fingerprint density at radius 1 is 1.14 bits per heavy atom. The number of hydrogen-bond acceptors (Lipinski definition) is 3. The number of nitrogens with zero attached hydrogens (tertiary/aromatic N) is 1. The summed E-state index contributed by atoms with van der Waals surface area (Å²) in [5.74, 6) is -2.48. The highest BCUT2D eigenvalue weighted by molar-refractivity contribution is 6.31. The summed E-state index contributed by atoms with van der Waals surface area (Å²) in [7, 11) is 1.32. The Labute approximate surface area is 165 Å². The lowest BCUT2D eigenvalue weighted by Gasteiger charge is -2.14. The molecule has 0 aliphatic heterocycles. The molecule has 1 N–H and O–H groups in total. The molecule has 3 rings (SSSR count). The van der Waals surface area contributed by atoms with Gasteiger partial charge in [0, 0.05) is 28.6 Å². The molecule has 0 saturated carbocycles. The Kier molecular flexibility index (Phi) is 5.61. The van der Waals surface area contributed by atoms with Gasteiger partial charge in [0.1, 0.15) is 0 Å². The molecule has 28 heavy (non-hydrogen) atoms. The molecule has 0 aliphatic rings. The highest BCUT2D eigenvalue weighted by atomic mass is 35.5. The number of methoxy groups -OCH3 is 1. The molecule has 2 aromatic carbocycles. The molecule has 0 saturated heterocycles. The maximum atomic E-state index is 14.6. The van der Waals surface area contributed by atoms with Crippen molar-refractivity contribution in [3.05, 3.63) is 88.5 Å². The van der Waals surface area contributed by atoms with Gasteiger partial charge < -0.3 is 14.4 Å². The van der Waals surface area contributed by atoms with Crippen LogP contribution >= 0.6 is 11.6 Å². The Balaban J connectivity index is 2.15. The third-order valence-corrected chi connectivity index (χ3v) is 4.30. The molecule has 0 bridgehead atoms. The molecule has 142 valence electrons. The van der Waals surface area contributed by atoms with E-state index >= 15 is 0 Å². The van der Waals surface area contributed by atoms with E-state index in [-0.39, 0.29) is 16.9 Å². The molecule has 1 heterocycles. The topological polar surface area (TPSA) is 68.5 Å². The number of ether oxygens (including phenoxy) is 1. The molecule has 0 unspecified atom stereocenters. The van der Waals surface area contributed by atoms with Crippen molar-refractivity contribution in [2.75, 3.05) is 7.11 Å². The largest absolute Gasteiger partial charge is 0.494 e. The van der Waals surface area contributed by atoms with Crippen LogP contribution in [0.3, 0.4) is 0 Å². The van der Waals surface area contributed by atoms with E-state index in [0.29, 0.717) is 16.4 Å². The van der Waals surface area contributed by atoms with Gasteiger partial charge in [-0.2, -0.15) is 0 Å². The SMILES string of the molecule is COc1cccc(C(=O)c2cc(Cl)ccc2-n2cccc2C=CC(=O)O)c1F. The third-order valence-electron chi connectivity index (χ3n) is 4.07. The minimum Gasteiger partial charge on any atom is -0.494 e. The summed E-state index contributed by atoms with van der Waals surface area (Å²) in [6.07, 6.45) is 4.06. The number of carbonyl (C=O) groups is 2. The first-order chi connectivity index (χ1) is 13.4. The zero-order valence-corrected chi connectivity index (χ0v) is 15.5. The van der Waals surface area contributed by atoms with Gasteiger partial charge in [0.05, 0.1) is 18.4 Å². The second kappa shape index (κ2) is 8.10. The van der Waals surface area contributed by atoms with Crippen molar-refractivity contribution in [3.8, 4) is 11.4 Å². The van der Waals surface area contributed by atoms with Crippen molar-refractivity contribution in [3.63, 3.8) is 0 Å². The summed E-state index contributed by atoms with van der Waals surface area (Å²) in [6, 6.07) is 12.4. The number of rotatable bonds is 6. The molecule has 3 aromatic rings. The maximum Gasteiger partial charge on any atom is 0.328 e. The molecule has 0 fully saturated rings. The van der Waals surface area contributed by atoms with E-state index in [1.807, 2.05) is 0 Å². The van der Waals surface area contributed by atoms with Gasteiger partial charge in [-0.25, -0.2) is 9.18 Å². The van der Waals surface area contributed by atoms with Gasteiger partial charge in [0.15, 0.2) is 17.3 Å². The van der Waals surface area contributed by atoms with Crippen LogP contribution in [0.2, 0.25) is 5.02 Å². The number of halogens is 2. The molecule has 0 radical (unpaired) electrons. The molecular weight excluding hydrogens is 385 g/mol. The van der Waals surface area contributed by atoms with E-state index in [0.717, 1.165) is 6.08 Å². The number of aromatic nitrogens is 1. The van der Waals surface area contributed by atoms with Gasteiger partial charge >= 0.3 is 5.97 Å². The van der Waals surface area contributed by atoms with Gasteiger partial charge in [0.2, 0.25) is 0 Å². The van der Waals surface area contributed by atoms with Crippen LogP contribution in [-0.4, -0.2) is 28.5 Å².